The molecule has 0 aliphatic carbocycles. The van der Waals surface area contributed by atoms with Crippen LogP contribution in [0.5, 0.6) is 0 Å². The van der Waals surface area contributed by atoms with Gasteiger partial charge in [-0.2, -0.15) is 13.2 Å². The average Bonchev–Trinajstić information content (AvgIpc) is 3.22. The lowest BCUT2D eigenvalue weighted by Gasteiger charge is -2.38. The second-order valence-corrected chi connectivity index (χ2v) is 9.69. The molecule has 2 atom stereocenters. The summed E-state index contributed by atoms with van der Waals surface area (Å²) in [4.78, 5) is 28.2. The van der Waals surface area contributed by atoms with Gasteiger partial charge < -0.3 is 20.8 Å². The zero-order valence-corrected chi connectivity index (χ0v) is 21.2. The van der Waals surface area contributed by atoms with Crippen LogP contribution in [0.3, 0.4) is 0 Å². The molecule has 0 bridgehead atoms. The summed E-state index contributed by atoms with van der Waals surface area (Å²) in [6.45, 7) is 5.27. The number of aliphatic hydroxyl groups is 1. The molecule has 2 fully saturated rings. The molecule has 8 nitrogen and oxygen atoms in total. The molecule has 202 valence electrons. The van der Waals surface area contributed by atoms with Crippen molar-refractivity contribution in [1.29, 1.82) is 0 Å². The van der Waals surface area contributed by atoms with Gasteiger partial charge in [0.1, 0.15) is 0 Å². The van der Waals surface area contributed by atoms with Crippen LogP contribution in [0.2, 0.25) is 10.0 Å². The maximum atomic E-state index is 12.9. The zero-order valence-electron chi connectivity index (χ0n) is 19.7. The van der Waals surface area contributed by atoms with Crippen molar-refractivity contribution in [3.8, 4) is 0 Å². The molecule has 1 amide bonds. The van der Waals surface area contributed by atoms with Crippen LogP contribution < -0.4 is 5.73 Å². The number of anilines is 1. The molecule has 2 aromatic rings. The Balaban J connectivity index is 0.000000479. The monoisotopic (exact) mass is 562 g/mol. The van der Waals surface area contributed by atoms with Gasteiger partial charge in [-0.05, 0) is 35.9 Å². The lowest BCUT2D eigenvalue weighted by molar-refractivity contribution is -0.192. The topological polar surface area (TPSA) is 110 Å². The fourth-order valence-electron chi connectivity index (χ4n) is 4.29. The Morgan fingerprint density at radius 3 is 2.08 bits per heavy atom. The fourth-order valence-corrected chi connectivity index (χ4v) is 4.60. The molecule has 0 saturated carbocycles. The quantitative estimate of drug-likeness (QED) is 0.491. The molecule has 37 heavy (non-hydrogen) atoms. The number of carbonyl (C=O) groups excluding carboxylic acids is 1. The van der Waals surface area contributed by atoms with E-state index in [9.17, 15) is 23.1 Å². The molecular weight excluding hydrogens is 536 g/mol. The van der Waals surface area contributed by atoms with Crippen LogP contribution in [0.4, 0.5) is 18.9 Å². The van der Waals surface area contributed by atoms with Crippen molar-refractivity contribution in [3.05, 3.63) is 63.6 Å². The molecule has 0 spiro atoms. The second kappa shape index (κ2) is 12.3. The van der Waals surface area contributed by atoms with Gasteiger partial charge in [-0.3, -0.25) is 14.6 Å². The number of aliphatic hydroxyl groups excluding tert-OH is 1. The second-order valence-electron chi connectivity index (χ2n) is 8.82. The van der Waals surface area contributed by atoms with E-state index < -0.39 is 18.2 Å². The third kappa shape index (κ3) is 7.96. The number of nitrogens with zero attached hydrogens (tertiary/aromatic N) is 3. The van der Waals surface area contributed by atoms with Crippen LogP contribution in [0, 0.1) is 0 Å². The summed E-state index contributed by atoms with van der Waals surface area (Å²) in [5.41, 5.74) is 8.01. The Morgan fingerprint density at radius 1 is 0.973 bits per heavy atom. The number of nitrogens with two attached hydrogens (primary N) is 1. The summed E-state index contributed by atoms with van der Waals surface area (Å²) in [6, 6.07) is 12.8. The van der Waals surface area contributed by atoms with Crippen LogP contribution in [-0.2, 0) is 11.3 Å². The standard InChI is InChI=1S/C22H26Cl2N4O2.C2HF3O2/c23-16-3-1-15(2-4-16)12-26-7-9-27(10-8-26)20-13-28(14-21(20)29)22(30)18-6-5-17(24)11-19(18)25;3-2(4,5)1(6)7/h1-6,11,20-21,29H,7-10,12-14,25H2;(H,6,7). The molecule has 4 N–H and O–H groups in total. The van der Waals surface area contributed by atoms with Crippen molar-refractivity contribution in [2.24, 2.45) is 0 Å². The minimum absolute atomic E-state index is 0.0554. The van der Waals surface area contributed by atoms with Crippen molar-refractivity contribution >= 4 is 40.8 Å². The average molecular weight is 563 g/mol. The fraction of sp³-hybridized carbons (Fsp3) is 0.417. The van der Waals surface area contributed by atoms with Crippen LogP contribution in [0.1, 0.15) is 15.9 Å². The van der Waals surface area contributed by atoms with E-state index in [0.717, 1.165) is 37.7 Å². The van der Waals surface area contributed by atoms with Crippen LogP contribution in [0.25, 0.3) is 0 Å². The first-order valence-corrected chi connectivity index (χ1v) is 12.1. The van der Waals surface area contributed by atoms with Gasteiger partial charge in [0.15, 0.2) is 0 Å². The highest BCUT2D eigenvalue weighted by Crippen LogP contribution is 2.24. The Kier molecular flexibility index (Phi) is 9.65. The van der Waals surface area contributed by atoms with Gasteiger partial charge in [0, 0.05) is 61.5 Å². The summed E-state index contributed by atoms with van der Waals surface area (Å²) < 4.78 is 31.7. The highest BCUT2D eigenvalue weighted by molar-refractivity contribution is 6.31. The van der Waals surface area contributed by atoms with Gasteiger partial charge in [-0.15, -0.1) is 0 Å². The van der Waals surface area contributed by atoms with E-state index in [4.69, 9.17) is 38.8 Å². The van der Waals surface area contributed by atoms with Crippen molar-refractivity contribution in [2.75, 3.05) is 45.0 Å². The smallest absolute Gasteiger partial charge is 0.475 e. The highest BCUT2D eigenvalue weighted by atomic mass is 35.5. The number of nitrogen functional groups attached to an aromatic ring is 1. The number of β-amino-alcohol motifs (C(OH)–C–C–N with tert-alkyl or cyclic N) is 1. The van der Waals surface area contributed by atoms with E-state index >= 15 is 0 Å². The first-order valence-electron chi connectivity index (χ1n) is 11.4. The molecule has 0 aromatic heterocycles. The molecule has 2 aliphatic rings. The Bertz CT molecular complexity index is 1100. The predicted molar refractivity (Wildman–Crippen MR) is 134 cm³/mol. The molecule has 2 aromatic carbocycles. The molecule has 4 rings (SSSR count). The maximum absolute atomic E-state index is 12.9. The van der Waals surface area contributed by atoms with Crippen LogP contribution >= 0.6 is 23.2 Å². The number of likely N-dealkylation sites (tertiary alicyclic amines) is 1. The normalized spacial score (nSPS) is 20.9. The molecular formula is C24H27Cl2F3N4O4. The molecule has 2 aliphatic heterocycles. The summed E-state index contributed by atoms with van der Waals surface area (Å²) in [5, 5.41) is 19.0. The highest BCUT2D eigenvalue weighted by Gasteiger charge is 2.39. The number of aliphatic carboxylic acids is 1. The Labute approximate surface area is 221 Å². The summed E-state index contributed by atoms with van der Waals surface area (Å²) in [6.07, 6.45) is -5.65. The van der Waals surface area contributed by atoms with Crippen molar-refractivity contribution in [3.63, 3.8) is 0 Å². The lowest BCUT2D eigenvalue weighted by Crippen LogP contribution is -2.53. The summed E-state index contributed by atoms with van der Waals surface area (Å²) >= 11 is 11.9. The van der Waals surface area contributed by atoms with E-state index in [1.165, 1.54) is 5.56 Å². The number of benzene rings is 2. The van der Waals surface area contributed by atoms with E-state index in [0.29, 0.717) is 29.4 Å². The van der Waals surface area contributed by atoms with Crippen molar-refractivity contribution in [1.82, 2.24) is 14.7 Å². The largest absolute Gasteiger partial charge is 0.490 e. The molecule has 0 radical (unpaired) electrons. The zero-order chi connectivity index (χ0) is 27.3. The number of carboxylic acid groups (broad SMARTS) is 1. The van der Waals surface area contributed by atoms with Gasteiger partial charge >= 0.3 is 12.1 Å². The number of hydrogen-bond acceptors (Lipinski definition) is 6. The lowest BCUT2D eigenvalue weighted by atomic mass is 10.1. The third-order valence-corrected chi connectivity index (χ3v) is 6.72. The van der Waals surface area contributed by atoms with Gasteiger partial charge in [-0.25, -0.2) is 4.79 Å². The third-order valence-electron chi connectivity index (χ3n) is 6.23. The van der Waals surface area contributed by atoms with Crippen molar-refractivity contribution < 1.29 is 33.0 Å². The minimum atomic E-state index is -5.08. The van der Waals surface area contributed by atoms with E-state index in [1.54, 1.807) is 23.1 Å². The minimum Gasteiger partial charge on any atom is -0.475 e. The van der Waals surface area contributed by atoms with Gasteiger partial charge in [0.05, 0.1) is 17.7 Å². The van der Waals surface area contributed by atoms with Crippen LogP contribution in [-0.4, -0.2) is 94.4 Å². The molecule has 2 heterocycles. The predicted octanol–water partition coefficient (Wildman–Crippen LogP) is 3.21. The Morgan fingerprint density at radius 2 is 1.54 bits per heavy atom. The van der Waals surface area contributed by atoms with Gasteiger partial charge in [-0.1, -0.05) is 35.3 Å². The van der Waals surface area contributed by atoms with Crippen LogP contribution in [0.15, 0.2) is 42.5 Å². The number of amides is 1. The first-order chi connectivity index (χ1) is 17.3. The number of halogens is 5. The Hall–Kier alpha value is -2.57. The number of carbonyl (C=O) groups is 2. The summed E-state index contributed by atoms with van der Waals surface area (Å²) in [5.74, 6) is -2.92. The van der Waals surface area contributed by atoms with E-state index in [-0.39, 0.29) is 11.9 Å². The van der Waals surface area contributed by atoms with Gasteiger partial charge in [0.2, 0.25) is 0 Å². The SMILES string of the molecule is Nc1cc(Cl)ccc1C(=O)N1CC(O)C(N2CCN(Cc3ccc(Cl)cc3)CC2)C1.O=C(O)C(F)(F)F. The number of piperazine rings is 1. The molecule has 13 heteroatoms. The van der Waals surface area contributed by atoms with Crippen molar-refractivity contribution in [2.45, 2.75) is 24.9 Å². The first kappa shape index (κ1) is 29.0. The molecule has 2 saturated heterocycles. The number of rotatable bonds is 4. The molecule has 2 unspecified atom stereocenters. The summed E-state index contributed by atoms with van der Waals surface area (Å²) in [7, 11) is 0. The number of alkyl halides is 3. The number of hydrogen-bond donors (Lipinski definition) is 3. The van der Waals surface area contributed by atoms with Gasteiger partial charge in [0.25, 0.3) is 5.91 Å². The number of carboxylic acids is 1. The van der Waals surface area contributed by atoms with E-state index in [1.807, 2.05) is 12.1 Å². The maximum Gasteiger partial charge on any atom is 0.490 e. The van der Waals surface area contributed by atoms with E-state index in [2.05, 4.69) is 21.9 Å².